The zero-order valence-corrected chi connectivity index (χ0v) is 14.4. The first kappa shape index (κ1) is 15.2. The van der Waals surface area contributed by atoms with E-state index in [0.717, 1.165) is 3.57 Å². The van der Waals surface area contributed by atoms with Crippen LogP contribution < -0.4 is 10.3 Å². The van der Waals surface area contributed by atoms with E-state index in [4.69, 9.17) is 16.3 Å². The molecule has 3 aromatic rings. The topological polar surface area (TPSA) is 62.3 Å². The maximum atomic E-state index is 12.4. The summed E-state index contributed by atoms with van der Waals surface area (Å²) in [6.07, 6.45) is 0. The molecule has 0 saturated heterocycles. The van der Waals surface area contributed by atoms with Crippen molar-refractivity contribution in [2.24, 2.45) is 0 Å². The number of H-pyrrole nitrogens is 1. The number of hydrogen-bond donors (Lipinski definition) is 2. The maximum absolute atomic E-state index is 12.4. The largest absolute Gasteiger partial charge is 0.506 e. The Morgan fingerprint density at radius 2 is 2.05 bits per heavy atom. The molecule has 0 amide bonds. The molecule has 4 nitrogen and oxygen atoms in total. The number of pyridine rings is 1. The number of ether oxygens (including phenoxy) is 1. The van der Waals surface area contributed by atoms with Gasteiger partial charge in [0.25, 0.3) is 5.56 Å². The molecular weight excluding hydrogens is 417 g/mol. The number of rotatable bonds is 2. The summed E-state index contributed by atoms with van der Waals surface area (Å²) in [5, 5.41) is 11.7. The minimum atomic E-state index is -0.378. The van der Waals surface area contributed by atoms with Gasteiger partial charge >= 0.3 is 0 Å². The molecule has 2 aromatic carbocycles. The summed E-state index contributed by atoms with van der Waals surface area (Å²) >= 11 is 8.08. The third-order valence-corrected chi connectivity index (χ3v) is 4.43. The Morgan fingerprint density at radius 1 is 1.27 bits per heavy atom. The Labute approximate surface area is 144 Å². The SMILES string of the molecule is COc1cccc(-c2c(O)c3c(I)cc(Cl)cc3[nH]c2=O)c1. The zero-order valence-electron chi connectivity index (χ0n) is 11.5. The van der Waals surface area contributed by atoms with Crippen molar-refractivity contribution >= 4 is 45.1 Å². The highest BCUT2D eigenvalue weighted by atomic mass is 127. The van der Waals surface area contributed by atoms with Gasteiger partial charge in [0.15, 0.2) is 0 Å². The number of aromatic nitrogens is 1. The molecule has 0 unspecified atom stereocenters. The van der Waals surface area contributed by atoms with Crippen LogP contribution in [0.2, 0.25) is 5.02 Å². The Hall–Kier alpha value is -1.73. The first-order chi connectivity index (χ1) is 10.5. The van der Waals surface area contributed by atoms with Gasteiger partial charge in [0.2, 0.25) is 0 Å². The van der Waals surface area contributed by atoms with Gasteiger partial charge in [0.1, 0.15) is 11.5 Å². The van der Waals surface area contributed by atoms with Crippen molar-refractivity contribution in [2.75, 3.05) is 7.11 Å². The number of nitrogens with one attached hydrogen (secondary N) is 1. The summed E-state index contributed by atoms with van der Waals surface area (Å²) in [6, 6.07) is 10.4. The summed E-state index contributed by atoms with van der Waals surface area (Å²) in [5.74, 6) is 0.551. The van der Waals surface area contributed by atoms with Crippen molar-refractivity contribution in [3.8, 4) is 22.6 Å². The summed E-state index contributed by atoms with van der Waals surface area (Å²) in [6.45, 7) is 0. The van der Waals surface area contributed by atoms with Crippen LogP contribution in [0.5, 0.6) is 11.5 Å². The third kappa shape index (κ3) is 2.55. The smallest absolute Gasteiger partial charge is 0.260 e. The third-order valence-electron chi connectivity index (χ3n) is 3.36. The molecule has 0 fully saturated rings. The number of fused-ring (bicyclic) bond motifs is 1. The number of halogens is 2. The second kappa shape index (κ2) is 5.81. The lowest BCUT2D eigenvalue weighted by Crippen LogP contribution is -2.10. The fourth-order valence-electron chi connectivity index (χ4n) is 2.38. The minimum Gasteiger partial charge on any atom is -0.506 e. The van der Waals surface area contributed by atoms with Crippen LogP contribution in [0.15, 0.2) is 41.2 Å². The molecule has 0 atom stereocenters. The molecule has 0 aliphatic heterocycles. The Balaban J connectivity index is 2.37. The number of aromatic amines is 1. The van der Waals surface area contributed by atoms with Crippen LogP contribution in [-0.4, -0.2) is 17.2 Å². The molecule has 3 rings (SSSR count). The number of aromatic hydroxyl groups is 1. The molecule has 6 heteroatoms. The van der Waals surface area contributed by atoms with Gasteiger partial charge < -0.3 is 14.8 Å². The van der Waals surface area contributed by atoms with Crippen molar-refractivity contribution in [3.05, 3.63) is 55.3 Å². The van der Waals surface area contributed by atoms with Crippen LogP contribution in [0.25, 0.3) is 22.0 Å². The number of benzene rings is 2. The summed E-state index contributed by atoms with van der Waals surface area (Å²) < 4.78 is 5.93. The summed E-state index contributed by atoms with van der Waals surface area (Å²) in [5.41, 5.74) is 0.930. The van der Waals surface area contributed by atoms with Crippen molar-refractivity contribution in [1.82, 2.24) is 4.98 Å². The van der Waals surface area contributed by atoms with E-state index in [2.05, 4.69) is 27.6 Å². The monoisotopic (exact) mass is 427 g/mol. The highest BCUT2D eigenvalue weighted by molar-refractivity contribution is 14.1. The van der Waals surface area contributed by atoms with Crippen LogP contribution in [-0.2, 0) is 0 Å². The lowest BCUT2D eigenvalue weighted by molar-refractivity contribution is 0.415. The van der Waals surface area contributed by atoms with Gasteiger partial charge in [-0.05, 0) is 52.4 Å². The van der Waals surface area contributed by atoms with Gasteiger partial charge in [-0.1, -0.05) is 23.7 Å². The van der Waals surface area contributed by atoms with E-state index in [9.17, 15) is 9.90 Å². The second-order valence-electron chi connectivity index (χ2n) is 4.72. The van der Waals surface area contributed by atoms with Gasteiger partial charge in [-0.15, -0.1) is 0 Å². The van der Waals surface area contributed by atoms with E-state index in [-0.39, 0.29) is 16.9 Å². The molecule has 0 saturated carbocycles. The summed E-state index contributed by atoms with van der Waals surface area (Å²) in [7, 11) is 1.55. The molecule has 1 heterocycles. The molecule has 2 N–H and O–H groups in total. The molecule has 0 spiro atoms. The number of methoxy groups -OCH3 is 1. The Morgan fingerprint density at radius 3 is 2.77 bits per heavy atom. The van der Waals surface area contributed by atoms with Crippen molar-refractivity contribution in [2.45, 2.75) is 0 Å². The Kier molecular flexibility index (Phi) is 4.01. The molecular formula is C16H11ClINO3. The predicted octanol–water partition coefficient (Wildman–Crippen LogP) is 4.17. The quantitative estimate of drug-likeness (QED) is 0.604. The molecule has 0 bridgehead atoms. The average molecular weight is 428 g/mol. The second-order valence-corrected chi connectivity index (χ2v) is 6.32. The van der Waals surface area contributed by atoms with Crippen LogP contribution in [0.3, 0.4) is 0 Å². The molecule has 0 aliphatic carbocycles. The Bertz CT molecular complexity index is 937. The van der Waals surface area contributed by atoms with Crippen LogP contribution in [0.4, 0.5) is 0 Å². The standard InChI is InChI=1S/C16H11ClINO3/c1-22-10-4-2-3-8(5-10)13-15(20)14-11(18)6-9(17)7-12(14)19-16(13)21/h2-7H,1H3,(H2,19,20,21). The summed E-state index contributed by atoms with van der Waals surface area (Å²) in [4.78, 5) is 15.1. The van der Waals surface area contributed by atoms with Gasteiger partial charge in [0.05, 0.1) is 23.6 Å². The van der Waals surface area contributed by atoms with Crippen molar-refractivity contribution in [1.29, 1.82) is 0 Å². The molecule has 112 valence electrons. The van der Waals surface area contributed by atoms with E-state index in [1.165, 1.54) is 0 Å². The maximum Gasteiger partial charge on any atom is 0.260 e. The van der Waals surface area contributed by atoms with Crippen LogP contribution >= 0.6 is 34.2 Å². The molecule has 0 aliphatic rings. The predicted molar refractivity (Wildman–Crippen MR) is 95.9 cm³/mol. The minimum absolute atomic E-state index is 0.0620. The van der Waals surface area contributed by atoms with E-state index < -0.39 is 0 Å². The van der Waals surface area contributed by atoms with Crippen molar-refractivity contribution < 1.29 is 9.84 Å². The number of hydrogen-bond acceptors (Lipinski definition) is 3. The average Bonchev–Trinajstić information content (AvgIpc) is 2.46. The highest BCUT2D eigenvalue weighted by Crippen LogP contribution is 2.36. The van der Waals surface area contributed by atoms with E-state index >= 15 is 0 Å². The highest BCUT2D eigenvalue weighted by Gasteiger charge is 2.16. The van der Waals surface area contributed by atoms with E-state index in [0.29, 0.717) is 27.2 Å². The lowest BCUT2D eigenvalue weighted by Gasteiger charge is -2.10. The van der Waals surface area contributed by atoms with Gasteiger partial charge in [-0.2, -0.15) is 0 Å². The van der Waals surface area contributed by atoms with Crippen LogP contribution in [0, 0.1) is 3.57 Å². The first-order valence-electron chi connectivity index (χ1n) is 6.39. The van der Waals surface area contributed by atoms with Gasteiger partial charge in [0, 0.05) is 8.59 Å². The normalized spacial score (nSPS) is 10.9. The zero-order chi connectivity index (χ0) is 15.9. The molecule has 0 radical (unpaired) electrons. The van der Waals surface area contributed by atoms with Gasteiger partial charge in [-0.3, -0.25) is 4.79 Å². The van der Waals surface area contributed by atoms with Gasteiger partial charge in [-0.25, -0.2) is 0 Å². The molecule has 1 aromatic heterocycles. The fourth-order valence-corrected chi connectivity index (χ4v) is 3.66. The molecule has 22 heavy (non-hydrogen) atoms. The van der Waals surface area contributed by atoms with Crippen LogP contribution in [0.1, 0.15) is 0 Å². The lowest BCUT2D eigenvalue weighted by atomic mass is 10.0. The van der Waals surface area contributed by atoms with E-state index in [1.54, 1.807) is 43.5 Å². The van der Waals surface area contributed by atoms with E-state index in [1.807, 2.05) is 0 Å². The van der Waals surface area contributed by atoms with Crippen molar-refractivity contribution in [3.63, 3.8) is 0 Å². The fraction of sp³-hybridized carbons (Fsp3) is 0.0625. The first-order valence-corrected chi connectivity index (χ1v) is 7.85.